The summed E-state index contributed by atoms with van der Waals surface area (Å²) in [4.78, 5) is 35.1. The zero-order valence-corrected chi connectivity index (χ0v) is 14.5. The molecule has 24 heavy (non-hydrogen) atoms. The van der Waals surface area contributed by atoms with E-state index in [2.05, 4.69) is 16.0 Å². The van der Waals surface area contributed by atoms with E-state index in [1.165, 1.54) is 6.92 Å². The van der Waals surface area contributed by atoms with E-state index < -0.39 is 23.6 Å². The fourth-order valence-electron chi connectivity index (χ4n) is 1.76. The summed E-state index contributed by atoms with van der Waals surface area (Å²) in [5, 5.41) is 7.92. The smallest absolute Gasteiger partial charge is 0.319 e. The summed E-state index contributed by atoms with van der Waals surface area (Å²) in [5.41, 5.74) is 0.263. The number of benzene rings is 1. The number of para-hydroxylation sites is 1. The van der Waals surface area contributed by atoms with Gasteiger partial charge in [0.15, 0.2) is 6.10 Å². The third-order valence-electron chi connectivity index (χ3n) is 2.82. The van der Waals surface area contributed by atoms with Gasteiger partial charge in [0.05, 0.1) is 6.42 Å². The number of hydrogen-bond donors (Lipinski definition) is 3. The summed E-state index contributed by atoms with van der Waals surface area (Å²) in [6.07, 6.45) is -0.898. The van der Waals surface area contributed by atoms with Crippen molar-refractivity contribution in [2.75, 3.05) is 11.9 Å². The Morgan fingerprint density at radius 1 is 1.12 bits per heavy atom. The number of rotatable bonds is 6. The molecule has 1 atom stereocenters. The summed E-state index contributed by atoms with van der Waals surface area (Å²) < 4.78 is 5.04. The molecule has 1 rings (SSSR count). The molecule has 0 fully saturated rings. The van der Waals surface area contributed by atoms with Crippen LogP contribution in [0.15, 0.2) is 30.3 Å². The predicted octanol–water partition coefficient (Wildman–Crippen LogP) is 2.04. The fraction of sp³-hybridized carbons (Fsp3) is 0.471. The van der Waals surface area contributed by atoms with Crippen molar-refractivity contribution >= 4 is 23.6 Å². The molecule has 0 heterocycles. The van der Waals surface area contributed by atoms with E-state index in [9.17, 15) is 14.4 Å². The molecule has 0 radical (unpaired) electrons. The highest BCUT2D eigenvalue weighted by Gasteiger charge is 2.22. The highest BCUT2D eigenvalue weighted by Crippen LogP contribution is 2.04. The maximum Gasteiger partial charge on any atom is 0.319 e. The van der Waals surface area contributed by atoms with Crippen molar-refractivity contribution < 1.29 is 19.1 Å². The summed E-state index contributed by atoms with van der Waals surface area (Å²) in [6, 6.07) is 8.55. The molecule has 0 bridgehead atoms. The van der Waals surface area contributed by atoms with Crippen LogP contribution in [0, 0.1) is 0 Å². The number of amides is 3. The summed E-state index contributed by atoms with van der Waals surface area (Å²) in [5.74, 6) is -0.905. The van der Waals surface area contributed by atoms with Crippen molar-refractivity contribution in [1.29, 1.82) is 0 Å². The summed E-state index contributed by atoms with van der Waals surface area (Å²) >= 11 is 0. The minimum Gasteiger partial charge on any atom is -0.452 e. The first-order chi connectivity index (χ1) is 11.2. The number of esters is 1. The van der Waals surface area contributed by atoms with Gasteiger partial charge in [-0.15, -0.1) is 0 Å². The van der Waals surface area contributed by atoms with Gasteiger partial charge in [0.25, 0.3) is 5.91 Å². The maximum absolute atomic E-state index is 11.8. The lowest BCUT2D eigenvalue weighted by Crippen LogP contribution is -2.46. The van der Waals surface area contributed by atoms with E-state index in [0.717, 1.165) is 0 Å². The standard InChI is InChI=1S/C17H25N3O4/c1-12(15(22)20-17(2,3)4)24-14(21)10-11-18-16(23)19-13-8-6-5-7-9-13/h5-9,12H,10-11H2,1-4H3,(H,20,22)(H2,18,19,23)/t12-/m1/s1. The molecule has 3 N–H and O–H groups in total. The molecule has 7 heteroatoms. The Morgan fingerprint density at radius 3 is 2.33 bits per heavy atom. The molecule has 0 saturated carbocycles. The van der Waals surface area contributed by atoms with Crippen LogP contribution in [-0.4, -0.2) is 36.1 Å². The van der Waals surface area contributed by atoms with Gasteiger partial charge in [-0.05, 0) is 39.8 Å². The van der Waals surface area contributed by atoms with Crippen LogP contribution in [0.4, 0.5) is 10.5 Å². The van der Waals surface area contributed by atoms with Gasteiger partial charge >= 0.3 is 12.0 Å². The maximum atomic E-state index is 11.8. The predicted molar refractivity (Wildman–Crippen MR) is 91.5 cm³/mol. The van der Waals surface area contributed by atoms with Gasteiger partial charge in [0, 0.05) is 17.8 Å². The SMILES string of the molecule is C[C@@H](OC(=O)CCNC(=O)Nc1ccccc1)C(=O)NC(C)(C)C. The number of carbonyl (C=O) groups is 3. The lowest BCUT2D eigenvalue weighted by molar-refractivity contribution is -0.155. The quantitative estimate of drug-likeness (QED) is 0.693. The minimum absolute atomic E-state index is 0.0185. The molecule has 0 unspecified atom stereocenters. The van der Waals surface area contributed by atoms with Crippen LogP contribution in [0.2, 0.25) is 0 Å². The van der Waals surface area contributed by atoms with Crippen LogP contribution in [0.3, 0.4) is 0 Å². The van der Waals surface area contributed by atoms with Crippen LogP contribution in [0.1, 0.15) is 34.1 Å². The van der Waals surface area contributed by atoms with E-state index in [0.29, 0.717) is 5.69 Å². The monoisotopic (exact) mass is 335 g/mol. The van der Waals surface area contributed by atoms with Gasteiger partial charge in [0.1, 0.15) is 0 Å². The van der Waals surface area contributed by atoms with Gasteiger partial charge in [-0.25, -0.2) is 4.79 Å². The summed E-state index contributed by atoms with van der Waals surface area (Å²) in [7, 11) is 0. The number of anilines is 1. The largest absolute Gasteiger partial charge is 0.452 e. The van der Waals surface area contributed by atoms with Gasteiger partial charge in [-0.1, -0.05) is 18.2 Å². The third kappa shape index (κ3) is 8.17. The average Bonchev–Trinajstić information content (AvgIpc) is 2.46. The number of carbonyl (C=O) groups excluding carboxylic acids is 3. The highest BCUT2D eigenvalue weighted by molar-refractivity contribution is 5.89. The lowest BCUT2D eigenvalue weighted by Gasteiger charge is -2.23. The molecular formula is C17H25N3O4. The lowest BCUT2D eigenvalue weighted by atomic mass is 10.1. The molecule has 0 spiro atoms. The van der Waals surface area contributed by atoms with Crippen molar-refractivity contribution in [3.05, 3.63) is 30.3 Å². The Kier molecular flexibility index (Phi) is 7.23. The van der Waals surface area contributed by atoms with E-state index in [-0.39, 0.29) is 18.9 Å². The fourth-order valence-corrected chi connectivity index (χ4v) is 1.76. The minimum atomic E-state index is -0.880. The Hall–Kier alpha value is -2.57. The molecule has 3 amide bonds. The first kappa shape index (κ1) is 19.5. The Morgan fingerprint density at radius 2 is 1.75 bits per heavy atom. The summed E-state index contributed by atoms with van der Waals surface area (Å²) in [6.45, 7) is 7.15. The molecule has 0 aliphatic carbocycles. The Balaban J connectivity index is 2.26. The molecule has 7 nitrogen and oxygen atoms in total. The zero-order chi connectivity index (χ0) is 18.2. The number of nitrogens with one attached hydrogen (secondary N) is 3. The Bertz CT molecular complexity index is 567. The van der Waals surface area contributed by atoms with Crippen molar-refractivity contribution in [2.45, 2.75) is 45.8 Å². The molecule has 1 aromatic rings. The van der Waals surface area contributed by atoms with E-state index in [1.54, 1.807) is 24.3 Å². The third-order valence-corrected chi connectivity index (χ3v) is 2.82. The van der Waals surface area contributed by atoms with Crippen LogP contribution in [0.25, 0.3) is 0 Å². The normalized spacial score (nSPS) is 12.0. The molecule has 0 aliphatic heterocycles. The van der Waals surface area contributed by atoms with E-state index in [4.69, 9.17) is 4.74 Å². The van der Waals surface area contributed by atoms with Crippen LogP contribution >= 0.6 is 0 Å². The number of hydrogen-bond acceptors (Lipinski definition) is 4. The van der Waals surface area contributed by atoms with Gasteiger partial charge in [-0.3, -0.25) is 9.59 Å². The number of urea groups is 1. The topological polar surface area (TPSA) is 96.5 Å². The highest BCUT2D eigenvalue weighted by atomic mass is 16.5. The molecule has 0 aliphatic rings. The first-order valence-corrected chi connectivity index (χ1v) is 7.79. The molecule has 0 aromatic heterocycles. The van der Waals surface area contributed by atoms with Gasteiger partial charge in [0.2, 0.25) is 0 Å². The van der Waals surface area contributed by atoms with Crippen molar-refractivity contribution in [3.63, 3.8) is 0 Å². The second-order valence-corrected chi connectivity index (χ2v) is 6.37. The van der Waals surface area contributed by atoms with Crippen molar-refractivity contribution in [1.82, 2.24) is 10.6 Å². The van der Waals surface area contributed by atoms with Gasteiger partial charge < -0.3 is 20.7 Å². The molecule has 1 aromatic carbocycles. The van der Waals surface area contributed by atoms with Crippen LogP contribution < -0.4 is 16.0 Å². The second-order valence-electron chi connectivity index (χ2n) is 6.37. The first-order valence-electron chi connectivity index (χ1n) is 7.79. The van der Waals surface area contributed by atoms with Crippen molar-refractivity contribution in [2.24, 2.45) is 0 Å². The van der Waals surface area contributed by atoms with Crippen molar-refractivity contribution in [3.8, 4) is 0 Å². The van der Waals surface area contributed by atoms with E-state index >= 15 is 0 Å². The van der Waals surface area contributed by atoms with E-state index in [1.807, 2.05) is 26.8 Å². The van der Waals surface area contributed by atoms with Crippen LogP contribution in [0.5, 0.6) is 0 Å². The average molecular weight is 335 g/mol. The zero-order valence-electron chi connectivity index (χ0n) is 14.5. The van der Waals surface area contributed by atoms with Gasteiger partial charge in [-0.2, -0.15) is 0 Å². The second kappa shape index (κ2) is 8.90. The molecular weight excluding hydrogens is 310 g/mol. The number of ether oxygens (including phenoxy) is 1. The molecule has 132 valence electrons. The Labute approximate surface area is 142 Å². The molecule has 0 saturated heterocycles. The van der Waals surface area contributed by atoms with Crippen LogP contribution in [-0.2, 0) is 14.3 Å².